The highest BCUT2D eigenvalue weighted by Crippen LogP contribution is 2.27. The van der Waals surface area contributed by atoms with Crippen LogP contribution in [-0.2, 0) is 20.7 Å². The summed E-state index contributed by atoms with van der Waals surface area (Å²) in [5, 5.41) is 9.92. The van der Waals surface area contributed by atoms with Crippen LogP contribution in [0.5, 0.6) is 0 Å². The fourth-order valence-electron chi connectivity index (χ4n) is 3.51. The van der Waals surface area contributed by atoms with Crippen molar-refractivity contribution in [3.8, 4) is 0 Å². The molecule has 0 radical (unpaired) electrons. The van der Waals surface area contributed by atoms with Crippen LogP contribution in [0, 0.1) is 0 Å². The van der Waals surface area contributed by atoms with E-state index in [1.807, 2.05) is 30.3 Å². The smallest absolute Gasteiger partial charge is 0.358 e. The first kappa shape index (κ1) is 23.4. The van der Waals surface area contributed by atoms with Crippen LogP contribution in [0.3, 0.4) is 0 Å². The molecule has 0 bridgehead atoms. The lowest BCUT2D eigenvalue weighted by molar-refractivity contribution is -0.129. The second-order valence-corrected chi connectivity index (χ2v) is 7.71. The number of carbonyl (C=O) groups excluding carboxylic acids is 2. The maximum atomic E-state index is 12.9. The molecule has 0 saturated carbocycles. The SMILES string of the molecule is CN1C(OC(=O)c2ccccc2)=C(OC(=O)c2ccccc2)C(C(=O)O)=NC1Cc1ccccc1. The van der Waals surface area contributed by atoms with Crippen molar-refractivity contribution in [1.29, 1.82) is 0 Å². The number of aliphatic imine (C=N–C) groups is 1. The molecule has 0 saturated heterocycles. The molecule has 0 aromatic heterocycles. The third-order valence-electron chi connectivity index (χ3n) is 5.32. The van der Waals surface area contributed by atoms with E-state index in [0.29, 0.717) is 6.42 Å². The Bertz CT molecular complexity index is 1290. The van der Waals surface area contributed by atoms with E-state index in [1.165, 1.54) is 17.0 Å². The molecule has 0 aliphatic carbocycles. The summed E-state index contributed by atoms with van der Waals surface area (Å²) in [6.45, 7) is 0. The number of carbonyl (C=O) groups is 3. The molecule has 0 spiro atoms. The van der Waals surface area contributed by atoms with E-state index in [-0.39, 0.29) is 17.0 Å². The Hall–Kier alpha value is -4.72. The summed E-state index contributed by atoms with van der Waals surface area (Å²) in [7, 11) is 1.60. The van der Waals surface area contributed by atoms with E-state index in [0.717, 1.165) is 5.56 Å². The number of rotatable bonds is 7. The van der Waals surface area contributed by atoms with Crippen LogP contribution in [-0.4, -0.2) is 46.8 Å². The van der Waals surface area contributed by atoms with E-state index >= 15 is 0 Å². The molecule has 8 heteroatoms. The number of carboxylic acid groups (broad SMARTS) is 1. The fourth-order valence-corrected chi connectivity index (χ4v) is 3.51. The Morgan fingerprint density at radius 2 is 1.29 bits per heavy atom. The molecule has 1 aliphatic rings. The second-order valence-electron chi connectivity index (χ2n) is 7.71. The van der Waals surface area contributed by atoms with Crippen molar-refractivity contribution in [3.05, 3.63) is 119 Å². The summed E-state index contributed by atoms with van der Waals surface area (Å²) in [4.78, 5) is 43.7. The normalized spacial score (nSPS) is 15.3. The molecular formula is C27H22N2O6. The van der Waals surface area contributed by atoms with Crippen molar-refractivity contribution in [1.82, 2.24) is 4.90 Å². The van der Waals surface area contributed by atoms with E-state index in [2.05, 4.69) is 4.99 Å². The van der Waals surface area contributed by atoms with Gasteiger partial charge in [0.1, 0.15) is 6.17 Å². The summed E-state index contributed by atoms with van der Waals surface area (Å²) >= 11 is 0. The molecule has 3 aromatic carbocycles. The van der Waals surface area contributed by atoms with Crippen LogP contribution in [0.1, 0.15) is 26.3 Å². The monoisotopic (exact) mass is 470 g/mol. The molecule has 1 heterocycles. The average molecular weight is 470 g/mol. The van der Waals surface area contributed by atoms with Gasteiger partial charge in [0.15, 0.2) is 5.71 Å². The molecule has 176 valence electrons. The number of carboxylic acids is 1. The van der Waals surface area contributed by atoms with Crippen LogP contribution < -0.4 is 0 Å². The Balaban J connectivity index is 1.74. The van der Waals surface area contributed by atoms with Gasteiger partial charge in [-0.2, -0.15) is 0 Å². The lowest BCUT2D eigenvalue weighted by Gasteiger charge is -2.33. The van der Waals surface area contributed by atoms with Crippen LogP contribution in [0.4, 0.5) is 0 Å². The van der Waals surface area contributed by atoms with Crippen LogP contribution in [0.25, 0.3) is 0 Å². The Kier molecular flexibility index (Phi) is 7.02. The van der Waals surface area contributed by atoms with E-state index in [4.69, 9.17) is 9.47 Å². The highest BCUT2D eigenvalue weighted by atomic mass is 16.6. The number of hydrogen-bond donors (Lipinski definition) is 1. The number of ether oxygens (including phenoxy) is 2. The number of nitrogens with zero attached hydrogens (tertiary/aromatic N) is 2. The van der Waals surface area contributed by atoms with Gasteiger partial charge >= 0.3 is 17.9 Å². The predicted octanol–water partition coefficient (Wildman–Crippen LogP) is 3.91. The average Bonchev–Trinajstić information content (AvgIpc) is 2.89. The lowest BCUT2D eigenvalue weighted by Crippen LogP contribution is -2.42. The van der Waals surface area contributed by atoms with E-state index in [1.54, 1.807) is 55.6 Å². The zero-order chi connectivity index (χ0) is 24.8. The fraction of sp³-hybridized carbons (Fsp3) is 0.111. The Labute approximate surface area is 201 Å². The van der Waals surface area contributed by atoms with Gasteiger partial charge < -0.3 is 19.5 Å². The summed E-state index contributed by atoms with van der Waals surface area (Å²) < 4.78 is 11.1. The quantitative estimate of drug-likeness (QED) is 0.522. The van der Waals surface area contributed by atoms with Gasteiger partial charge in [-0.1, -0.05) is 66.7 Å². The number of aliphatic carboxylic acids is 1. The van der Waals surface area contributed by atoms with Crippen molar-refractivity contribution in [2.75, 3.05) is 7.05 Å². The third kappa shape index (κ3) is 5.44. The van der Waals surface area contributed by atoms with Crippen molar-refractivity contribution in [2.24, 2.45) is 4.99 Å². The maximum absolute atomic E-state index is 12.9. The van der Waals surface area contributed by atoms with Crippen molar-refractivity contribution < 1.29 is 29.0 Å². The van der Waals surface area contributed by atoms with Gasteiger partial charge in [0.05, 0.1) is 11.1 Å². The second kappa shape index (κ2) is 10.5. The lowest BCUT2D eigenvalue weighted by atomic mass is 10.1. The molecule has 1 aliphatic heterocycles. The zero-order valence-corrected chi connectivity index (χ0v) is 18.8. The van der Waals surface area contributed by atoms with E-state index in [9.17, 15) is 19.5 Å². The number of likely N-dealkylation sites (N-methyl/N-ethyl adjacent to an activating group) is 1. The summed E-state index contributed by atoms with van der Waals surface area (Å²) in [5.41, 5.74) is 0.842. The molecular weight excluding hydrogens is 448 g/mol. The minimum atomic E-state index is -1.42. The van der Waals surface area contributed by atoms with Gasteiger partial charge in [-0.15, -0.1) is 0 Å². The predicted molar refractivity (Wildman–Crippen MR) is 128 cm³/mol. The van der Waals surface area contributed by atoms with E-state index < -0.39 is 35.5 Å². The van der Waals surface area contributed by atoms with Gasteiger partial charge in [0.2, 0.25) is 11.6 Å². The summed E-state index contributed by atoms with van der Waals surface area (Å²) in [6.07, 6.45) is -0.387. The summed E-state index contributed by atoms with van der Waals surface area (Å²) in [6, 6.07) is 25.7. The molecule has 0 fully saturated rings. The van der Waals surface area contributed by atoms with Crippen LogP contribution >= 0.6 is 0 Å². The highest BCUT2D eigenvalue weighted by molar-refractivity contribution is 6.42. The number of hydrogen-bond acceptors (Lipinski definition) is 7. The first-order valence-electron chi connectivity index (χ1n) is 10.8. The van der Waals surface area contributed by atoms with Gasteiger partial charge in [-0.05, 0) is 29.8 Å². The highest BCUT2D eigenvalue weighted by Gasteiger charge is 2.37. The van der Waals surface area contributed by atoms with Crippen molar-refractivity contribution in [3.63, 3.8) is 0 Å². The molecule has 35 heavy (non-hydrogen) atoms. The Morgan fingerprint density at radius 3 is 1.80 bits per heavy atom. The molecule has 1 N–H and O–H groups in total. The van der Waals surface area contributed by atoms with Gasteiger partial charge in [0, 0.05) is 13.5 Å². The number of benzene rings is 3. The summed E-state index contributed by atoms with van der Waals surface area (Å²) in [5.74, 6) is -3.61. The van der Waals surface area contributed by atoms with Gasteiger partial charge in [-0.25, -0.2) is 19.4 Å². The van der Waals surface area contributed by atoms with Gasteiger partial charge in [0.25, 0.3) is 0 Å². The first-order valence-corrected chi connectivity index (χ1v) is 10.8. The molecule has 3 aromatic rings. The maximum Gasteiger partial charge on any atom is 0.358 e. The molecule has 0 amide bonds. The third-order valence-corrected chi connectivity index (χ3v) is 5.32. The minimum absolute atomic E-state index is 0.201. The van der Waals surface area contributed by atoms with Crippen LogP contribution in [0.15, 0.2) is 108 Å². The molecule has 4 rings (SSSR count). The minimum Gasteiger partial charge on any atom is -0.476 e. The first-order chi connectivity index (χ1) is 16.9. The molecule has 8 nitrogen and oxygen atoms in total. The topological polar surface area (TPSA) is 106 Å². The van der Waals surface area contributed by atoms with Gasteiger partial charge in [-0.3, -0.25) is 0 Å². The zero-order valence-electron chi connectivity index (χ0n) is 18.8. The molecule has 1 atom stereocenters. The van der Waals surface area contributed by atoms with Crippen molar-refractivity contribution in [2.45, 2.75) is 12.6 Å². The molecule has 1 unspecified atom stereocenters. The van der Waals surface area contributed by atoms with Crippen LogP contribution in [0.2, 0.25) is 0 Å². The Morgan fingerprint density at radius 1 is 0.800 bits per heavy atom. The number of esters is 2. The largest absolute Gasteiger partial charge is 0.476 e. The standard InChI is InChI=1S/C27H22N2O6/c1-29-21(17-18-11-5-2-6-12-18)28-22(25(30)31)23(34-26(32)19-13-7-3-8-14-19)24(29)35-27(33)20-15-9-4-10-16-20/h2-16,21H,17H2,1H3,(H,30,31). The van der Waals surface area contributed by atoms with Crippen molar-refractivity contribution >= 4 is 23.6 Å².